The molecule has 0 radical (unpaired) electrons. The first-order valence-corrected chi connectivity index (χ1v) is 6.44. The number of benzene rings is 1. The van der Waals surface area contributed by atoms with Crippen LogP contribution in [0.25, 0.3) is 0 Å². The van der Waals surface area contributed by atoms with Gasteiger partial charge in [-0.05, 0) is 56.1 Å². The first-order valence-electron chi connectivity index (χ1n) is 6.44. The average Bonchev–Trinajstić information content (AvgIpc) is 2.72. The lowest BCUT2D eigenvalue weighted by atomic mass is 9.97. The fourth-order valence-electron chi connectivity index (χ4n) is 2.46. The zero-order valence-electron chi connectivity index (χ0n) is 11.4. The summed E-state index contributed by atoms with van der Waals surface area (Å²) in [4.78, 5) is 0. The molecule has 18 heavy (non-hydrogen) atoms. The first kappa shape index (κ1) is 12.9. The number of nitrogens with two attached hydrogens (primary N) is 1. The molecule has 2 aromatic rings. The maximum atomic E-state index is 5.79. The number of aryl methyl sites for hydroxylation is 3. The summed E-state index contributed by atoms with van der Waals surface area (Å²) >= 11 is 0. The van der Waals surface area contributed by atoms with E-state index in [-0.39, 0.29) is 0 Å². The van der Waals surface area contributed by atoms with Crippen molar-refractivity contribution in [2.45, 2.75) is 33.6 Å². The van der Waals surface area contributed by atoms with Crippen LogP contribution in [0, 0.1) is 20.8 Å². The minimum atomic E-state index is 0.634. The molecular weight excluding hydrogens is 222 g/mol. The van der Waals surface area contributed by atoms with Crippen molar-refractivity contribution in [1.82, 2.24) is 0 Å². The van der Waals surface area contributed by atoms with Gasteiger partial charge in [0, 0.05) is 12.8 Å². The summed E-state index contributed by atoms with van der Waals surface area (Å²) in [6.45, 7) is 7.10. The van der Waals surface area contributed by atoms with Crippen molar-refractivity contribution in [3.05, 3.63) is 58.0 Å². The molecule has 0 amide bonds. The van der Waals surface area contributed by atoms with E-state index < -0.39 is 0 Å². The van der Waals surface area contributed by atoms with Crippen molar-refractivity contribution in [2.75, 3.05) is 6.54 Å². The van der Waals surface area contributed by atoms with Crippen LogP contribution in [0.3, 0.4) is 0 Å². The van der Waals surface area contributed by atoms with Crippen molar-refractivity contribution >= 4 is 0 Å². The molecule has 0 bridgehead atoms. The molecule has 0 aliphatic carbocycles. The highest BCUT2D eigenvalue weighted by Gasteiger charge is 2.08. The predicted molar refractivity (Wildman–Crippen MR) is 74.9 cm³/mol. The van der Waals surface area contributed by atoms with Gasteiger partial charge in [0.1, 0.15) is 11.5 Å². The van der Waals surface area contributed by atoms with Crippen molar-refractivity contribution in [1.29, 1.82) is 0 Å². The molecular formula is C16H21NO. The Labute approximate surface area is 109 Å². The minimum absolute atomic E-state index is 0.634. The van der Waals surface area contributed by atoms with E-state index in [1.807, 2.05) is 6.07 Å². The molecule has 1 heterocycles. The molecule has 0 fully saturated rings. The largest absolute Gasteiger partial charge is 0.466 e. The van der Waals surface area contributed by atoms with Crippen LogP contribution in [0.5, 0.6) is 0 Å². The van der Waals surface area contributed by atoms with Gasteiger partial charge in [-0.2, -0.15) is 0 Å². The number of hydrogen-bond acceptors (Lipinski definition) is 2. The van der Waals surface area contributed by atoms with E-state index in [9.17, 15) is 0 Å². The van der Waals surface area contributed by atoms with Crippen LogP contribution in [-0.2, 0) is 12.8 Å². The summed E-state index contributed by atoms with van der Waals surface area (Å²) < 4.78 is 5.79. The van der Waals surface area contributed by atoms with Crippen LogP contribution in [-0.4, -0.2) is 6.54 Å². The fraction of sp³-hybridized carbons (Fsp3) is 0.375. The zero-order chi connectivity index (χ0) is 13.1. The first-order chi connectivity index (χ1) is 8.60. The maximum absolute atomic E-state index is 5.79. The molecule has 0 aliphatic heterocycles. The van der Waals surface area contributed by atoms with Gasteiger partial charge < -0.3 is 10.2 Å². The molecule has 0 saturated carbocycles. The molecule has 2 nitrogen and oxygen atoms in total. The highest BCUT2D eigenvalue weighted by molar-refractivity contribution is 5.39. The molecule has 0 atom stereocenters. The van der Waals surface area contributed by atoms with Crippen LogP contribution < -0.4 is 5.73 Å². The fourth-order valence-corrected chi connectivity index (χ4v) is 2.46. The molecule has 1 aromatic carbocycles. The summed E-state index contributed by atoms with van der Waals surface area (Å²) in [6.07, 6.45) is 1.67. The highest BCUT2D eigenvalue weighted by atomic mass is 16.3. The van der Waals surface area contributed by atoms with Crippen molar-refractivity contribution in [3.63, 3.8) is 0 Å². The second-order valence-corrected chi connectivity index (χ2v) is 4.96. The summed E-state index contributed by atoms with van der Waals surface area (Å²) in [7, 11) is 0. The van der Waals surface area contributed by atoms with Crippen LogP contribution in [0.1, 0.15) is 33.8 Å². The van der Waals surface area contributed by atoms with Crippen LogP contribution in [0.2, 0.25) is 0 Å². The van der Waals surface area contributed by atoms with E-state index in [1.165, 1.54) is 22.3 Å². The van der Waals surface area contributed by atoms with Crippen molar-refractivity contribution < 1.29 is 4.42 Å². The minimum Gasteiger partial charge on any atom is -0.466 e. The van der Waals surface area contributed by atoms with Gasteiger partial charge in [0.25, 0.3) is 0 Å². The summed E-state index contributed by atoms with van der Waals surface area (Å²) in [5.41, 5.74) is 10.9. The van der Waals surface area contributed by atoms with E-state index in [0.717, 1.165) is 24.4 Å². The van der Waals surface area contributed by atoms with Gasteiger partial charge in [0.05, 0.1) is 0 Å². The summed E-state index contributed by atoms with van der Waals surface area (Å²) in [6, 6.07) is 8.54. The molecule has 0 unspecified atom stereocenters. The molecule has 2 heteroatoms. The lowest BCUT2D eigenvalue weighted by molar-refractivity contribution is 0.474. The molecule has 0 saturated heterocycles. The van der Waals surface area contributed by atoms with E-state index in [4.69, 9.17) is 10.2 Å². The van der Waals surface area contributed by atoms with Gasteiger partial charge >= 0.3 is 0 Å². The Kier molecular flexibility index (Phi) is 3.87. The Morgan fingerprint density at radius 2 is 1.61 bits per heavy atom. The van der Waals surface area contributed by atoms with Gasteiger partial charge in [0.15, 0.2) is 0 Å². The molecule has 2 rings (SSSR count). The van der Waals surface area contributed by atoms with Gasteiger partial charge in [-0.15, -0.1) is 0 Å². The Bertz CT molecular complexity index is 517. The van der Waals surface area contributed by atoms with Crippen molar-refractivity contribution in [2.24, 2.45) is 5.73 Å². The van der Waals surface area contributed by atoms with Gasteiger partial charge in [-0.25, -0.2) is 0 Å². The van der Waals surface area contributed by atoms with E-state index in [1.54, 1.807) is 0 Å². The quantitative estimate of drug-likeness (QED) is 0.895. The summed E-state index contributed by atoms with van der Waals surface area (Å²) in [5.74, 6) is 2.00. The van der Waals surface area contributed by atoms with E-state index >= 15 is 0 Å². The Hall–Kier alpha value is -1.54. The number of furan rings is 1. The smallest absolute Gasteiger partial charge is 0.108 e. The molecule has 0 aliphatic rings. The van der Waals surface area contributed by atoms with E-state index in [2.05, 4.69) is 39.0 Å². The third-order valence-corrected chi connectivity index (χ3v) is 3.30. The highest BCUT2D eigenvalue weighted by Crippen LogP contribution is 2.21. The Morgan fingerprint density at radius 3 is 2.22 bits per heavy atom. The van der Waals surface area contributed by atoms with Crippen LogP contribution in [0.15, 0.2) is 28.7 Å². The number of hydrogen-bond donors (Lipinski definition) is 1. The zero-order valence-corrected chi connectivity index (χ0v) is 11.4. The summed E-state index contributed by atoms with van der Waals surface area (Å²) in [5, 5.41) is 0. The van der Waals surface area contributed by atoms with Gasteiger partial charge in [-0.1, -0.05) is 17.7 Å². The number of rotatable bonds is 4. The van der Waals surface area contributed by atoms with Gasteiger partial charge in [0.2, 0.25) is 0 Å². The van der Waals surface area contributed by atoms with Gasteiger partial charge in [-0.3, -0.25) is 0 Å². The maximum Gasteiger partial charge on any atom is 0.108 e. The van der Waals surface area contributed by atoms with Crippen LogP contribution >= 0.6 is 0 Å². The molecule has 96 valence electrons. The predicted octanol–water partition coefficient (Wildman–Crippen LogP) is 3.30. The SMILES string of the molecule is Cc1cc(C)c(Cc2ccc(CCN)o2)c(C)c1. The van der Waals surface area contributed by atoms with E-state index in [0.29, 0.717) is 6.54 Å². The van der Waals surface area contributed by atoms with Crippen LogP contribution in [0.4, 0.5) is 0 Å². The second-order valence-electron chi connectivity index (χ2n) is 4.96. The Morgan fingerprint density at radius 1 is 1.00 bits per heavy atom. The standard InChI is InChI=1S/C16H21NO/c1-11-8-12(2)16(13(3)9-11)10-15-5-4-14(18-15)6-7-17/h4-5,8-9H,6-7,10,17H2,1-3H3. The Balaban J connectivity index is 2.22. The third-order valence-electron chi connectivity index (χ3n) is 3.30. The molecule has 1 aromatic heterocycles. The van der Waals surface area contributed by atoms with Crippen molar-refractivity contribution in [3.8, 4) is 0 Å². The lowest BCUT2D eigenvalue weighted by Crippen LogP contribution is -2.01. The molecule has 0 spiro atoms. The monoisotopic (exact) mass is 243 g/mol. The normalized spacial score (nSPS) is 10.9. The topological polar surface area (TPSA) is 39.2 Å². The third kappa shape index (κ3) is 2.82. The second kappa shape index (κ2) is 5.40. The lowest BCUT2D eigenvalue weighted by Gasteiger charge is -2.09. The average molecular weight is 243 g/mol. The molecule has 2 N–H and O–H groups in total.